The molecule has 0 aliphatic heterocycles. The van der Waals surface area contributed by atoms with Crippen LogP contribution in [0.25, 0.3) is 0 Å². The van der Waals surface area contributed by atoms with E-state index in [0.717, 1.165) is 11.3 Å². The molecule has 0 amide bonds. The number of halogens is 2. The maximum atomic E-state index is 12.1. The summed E-state index contributed by atoms with van der Waals surface area (Å²) in [6.45, 7) is 1.85. The molecular weight excluding hydrogens is 371 g/mol. The van der Waals surface area contributed by atoms with Crippen LogP contribution in [0.3, 0.4) is 0 Å². The van der Waals surface area contributed by atoms with Crippen LogP contribution in [0, 0.1) is 0 Å². The summed E-state index contributed by atoms with van der Waals surface area (Å²) in [4.78, 5) is 11.6. The monoisotopic (exact) mass is 380 g/mol. The molecule has 118 valence electrons. The first-order chi connectivity index (χ1) is 10.3. The fraction of sp³-hybridized carbons (Fsp3) is 0.154. The molecule has 0 radical (unpaired) electrons. The Hall–Kier alpha value is -1.28. The van der Waals surface area contributed by atoms with Gasteiger partial charge in [-0.05, 0) is 30.5 Å². The van der Waals surface area contributed by atoms with E-state index in [2.05, 4.69) is 0 Å². The molecule has 2 aromatic rings. The number of carbonyl (C=O) groups excluding carboxylic acids is 1. The van der Waals surface area contributed by atoms with Crippen LogP contribution in [0.2, 0.25) is 10.0 Å². The lowest BCUT2D eigenvalue weighted by Gasteiger charge is -2.10. The van der Waals surface area contributed by atoms with Gasteiger partial charge < -0.3 is 8.92 Å². The highest BCUT2D eigenvalue weighted by atomic mass is 35.5. The van der Waals surface area contributed by atoms with Gasteiger partial charge in [0.25, 0.3) is 0 Å². The summed E-state index contributed by atoms with van der Waals surface area (Å²) >= 11 is 12.9. The van der Waals surface area contributed by atoms with E-state index in [1.807, 2.05) is 0 Å². The van der Waals surface area contributed by atoms with Crippen LogP contribution in [0.5, 0.6) is 5.75 Å². The van der Waals surface area contributed by atoms with Gasteiger partial charge >= 0.3 is 16.1 Å². The average molecular weight is 381 g/mol. The van der Waals surface area contributed by atoms with Crippen LogP contribution < -0.4 is 4.18 Å². The van der Waals surface area contributed by atoms with E-state index in [-0.39, 0.29) is 32.2 Å². The number of hydrogen-bond donors (Lipinski definition) is 0. The molecule has 1 aromatic carbocycles. The second-order valence-electron chi connectivity index (χ2n) is 3.96. The van der Waals surface area contributed by atoms with Gasteiger partial charge in [-0.1, -0.05) is 29.3 Å². The van der Waals surface area contributed by atoms with E-state index in [1.54, 1.807) is 18.4 Å². The van der Waals surface area contributed by atoms with E-state index >= 15 is 0 Å². The summed E-state index contributed by atoms with van der Waals surface area (Å²) in [5.74, 6) is -0.844. The molecule has 0 bridgehead atoms. The molecule has 0 saturated carbocycles. The number of thiophene rings is 1. The lowest BCUT2D eigenvalue weighted by atomic mass is 10.2. The third-order valence-electron chi connectivity index (χ3n) is 2.44. The smallest absolute Gasteiger partial charge is 0.348 e. The summed E-state index contributed by atoms with van der Waals surface area (Å²) in [6, 6.07) is 5.46. The predicted molar refractivity (Wildman–Crippen MR) is 84.6 cm³/mol. The van der Waals surface area contributed by atoms with Crippen LogP contribution in [-0.4, -0.2) is 21.0 Å². The minimum Gasteiger partial charge on any atom is -0.462 e. The van der Waals surface area contributed by atoms with Crippen molar-refractivity contribution in [1.29, 1.82) is 0 Å². The molecule has 0 spiro atoms. The van der Waals surface area contributed by atoms with Gasteiger partial charge in [-0.2, -0.15) is 8.42 Å². The fourth-order valence-corrected chi connectivity index (χ4v) is 4.10. The summed E-state index contributed by atoms with van der Waals surface area (Å²) in [7, 11) is -4.02. The van der Waals surface area contributed by atoms with Crippen molar-refractivity contribution in [3.05, 3.63) is 45.3 Å². The largest absolute Gasteiger partial charge is 0.462 e. The Balaban J connectivity index is 2.35. The normalized spacial score (nSPS) is 11.2. The third kappa shape index (κ3) is 3.73. The summed E-state index contributed by atoms with van der Waals surface area (Å²) in [5.41, 5.74) is 0.109. The Morgan fingerprint density at radius 1 is 1.27 bits per heavy atom. The van der Waals surface area contributed by atoms with Crippen molar-refractivity contribution in [2.24, 2.45) is 0 Å². The Morgan fingerprint density at radius 2 is 1.91 bits per heavy atom. The molecule has 0 unspecified atom stereocenters. The van der Waals surface area contributed by atoms with Gasteiger partial charge in [0, 0.05) is 0 Å². The van der Waals surface area contributed by atoms with Gasteiger partial charge in [0.1, 0.15) is 0 Å². The Bertz CT molecular complexity index is 762. The van der Waals surface area contributed by atoms with Gasteiger partial charge in [0.05, 0.1) is 22.2 Å². The molecule has 0 atom stereocenters. The maximum absolute atomic E-state index is 12.1. The zero-order valence-corrected chi connectivity index (χ0v) is 14.4. The topological polar surface area (TPSA) is 69.7 Å². The van der Waals surface area contributed by atoms with Crippen LogP contribution in [-0.2, 0) is 14.9 Å². The summed E-state index contributed by atoms with van der Waals surface area (Å²) in [6.07, 6.45) is 0. The van der Waals surface area contributed by atoms with Gasteiger partial charge in [-0.25, -0.2) is 4.79 Å². The number of esters is 1. The van der Waals surface area contributed by atoms with Crippen molar-refractivity contribution in [3.8, 4) is 5.75 Å². The fourth-order valence-electron chi connectivity index (χ4n) is 1.53. The van der Waals surface area contributed by atoms with Crippen molar-refractivity contribution < 1.29 is 22.1 Å². The first kappa shape index (κ1) is 17.1. The summed E-state index contributed by atoms with van der Waals surface area (Å²) in [5, 5.41) is 1.40. The zero-order valence-electron chi connectivity index (χ0n) is 11.2. The first-order valence-corrected chi connectivity index (χ1v) is 9.03. The average Bonchev–Trinajstić information content (AvgIpc) is 2.98. The SMILES string of the molecule is CCOC(=O)c1cc(Cl)c(OS(=O)(=O)c2cccs2)c(Cl)c1. The number of ether oxygens (including phenoxy) is 1. The quantitative estimate of drug-likeness (QED) is 0.578. The van der Waals surface area contributed by atoms with Gasteiger partial charge in [-0.3, -0.25) is 0 Å². The Kier molecular flexibility index (Phi) is 5.33. The van der Waals surface area contributed by atoms with E-state index < -0.39 is 16.1 Å². The minimum atomic E-state index is -4.02. The molecule has 0 fully saturated rings. The van der Waals surface area contributed by atoms with Crippen molar-refractivity contribution in [2.45, 2.75) is 11.1 Å². The minimum absolute atomic E-state index is 0.0223. The van der Waals surface area contributed by atoms with Gasteiger partial charge in [-0.15, -0.1) is 11.3 Å². The second kappa shape index (κ2) is 6.87. The molecule has 22 heavy (non-hydrogen) atoms. The predicted octanol–water partition coefficient (Wildman–Crippen LogP) is 4.00. The van der Waals surface area contributed by atoms with E-state index in [9.17, 15) is 13.2 Å². The highest BCUT2D eigenvalue weighted by Crippen LogP contribution is 2.36. The molecule has 0 N–H and O–H groups in total. The Labute approximate surface area is 141 Å². The lowest BCUT2D eigenvalue weighted by molar-refractivity contribution is 0.0526. The maximum Gasteiger partial charge on any atom is 0.348 e. The van der Waals surface area contributed by atoms with Crippen LogP contribution in [0.15, 0.2) is 33.9 Å². The number of benzene rings is 1. The number of carbonyl (C=O) groups is 1. The van der Waals surface area contributed by atoms with Crippen molar-refractivity contribution in [2.75, 3.05) is 6.61 Å². The Morgan fingerprint density at radius 3 is 2.41 bits per heavy atom. The lowest BCUT2D eigenvalue weighted by Crippen LogP contribution is -2.10. The zero-order chi connectivity index (χ0) is 16.3. The second-order valence-corrected chi connectivity index (χ2v) is 7.49. The van der Waals surface area contributed by atoms with E-state index in [1.165, 1.54) is 18.2 Å². The molecule has 9 heteroatoms. The molecule has 5 nitrogen and oxygen atoms in total. The highest BCUT2D eigenvalue weighted by Gasteiger charge is 2.23. The summed E-state index contributed by atoms with van der Waals surface area (Å²) < 4.78 is 34.0. The van der Waals surface area contributed by atoms with Crippen molar-refractivity contribution in [1.82, 2.24) is 0 Å². The standard InChI is InChI=1S/C13H10Cl2O5S2/c1-2-19-13(16)8-6-9(14)12(10(15)7-8)20-22(17,18)11-4-3-5-21-11/h3-7H,2H2,1H3. The molecule has 2 rings (SSSR count). The number of rotatable bonds is 5. The van der Waals surface area contributed by atoms with Crippen LogP contribution >= 0.6 is 34.5 Å². The molecule has 1 heterocycles. The highest BCUT2D eigenvalue weighted by molar-refractivity contribution is 7.89. The molecule has 0 saturated heterocycles. The molecule has 1 aromatic heterocycles. The molecular formula is C13H10Cl2O5S2. The van der Waals surface area contributed by atoms with Gasteiger partial charge in [0.15, 0.2) is 9.96 Å². The molecule has 0 aliphatic carbocycles. The van der Waals surface area contributed by atoms with Crippen molar-refractivity contribution >= 4 is 50.6 Å². The van der Waals surface area contributed by atoms with E-state index in [4.69, 9.17) is 32.1 Å². The number of hydrogen-bond acceptors (Lipinski definition) is 6. The van der Waals surface area contributed by atoms with Crippen molar-refractivity contribution in [3.63, 3.8) is 0 Å². The molecule has 0 aliphatic rings. The first-order valence-electron chi connectivity index (χ1n) is 5.99. The third-order valence-corrected chi connectivity index (χ3v) is 5.58. The van der Waals surface area contributed by atoms with Gasteiger partial charge in [0.2, 0.25) is 0 Å². The van der Waals surface area contributed by atoms with Crippen LogP contribution in [0.1, 0.15) is 17.3 Å². The van der Waals surface area contributed by atoms with E-state index in [0.29, 0.717) is 0 Å². The van der Waals surface area contributed by atoms with Crippen LogP contribution in [0.4, 0.5) is 0 Å².